The van der Waals surface area contributed by atoms with E-state index in [0.29, 0.717) is 22.9 Å². The molecule has 4 rings (SSSR count). The van der Waals surface area contributed by atoms with Gasteiger partial charge in [-0.25, -0.2) is 0 Å². The van der Waals surface area contributed by atoms with Gasteiger partial charge in [0, 0.05) is 25.4 Å². The summed E-state index contributed by atoms with van der Waals surface area (Å²) in [5, 5.41) is 20.5. The summed E-state index contributed by atoms with van der Waals surface area (Å²) in [6.45, 7) is 2.19. The van der Waals surface area contributed by atoms with Crippen molar-refractivity contribution < 1.29 is 24.1 Å². The summed E-state index contributed by atoms with van der Waals surface area (Å²) in [6.07, 6.45) is 3.12. The summed E-state index contributed by atoms with van der Waals surface area (Å²) < 4.78 is 17.9. The van der Waals surface area contributed by atoms with Crippen LogP contribution in [0.25, 0.3) is 0 Å². The summed E-state index contributed by atoms with van der Waals surface area (Å²) in [5.74, 6) is 1.53. The molecule has 0 bridgehead atoms. The van der Waals surface area contributed by atoms with Crippen molar-refractivity contribution in [1.29, 1.82) is 0 Å². The van der Waals surface area contributed by atoms with Crippen LogP contribution in [0.5, 0.6) is 17.2 Å². The van der Waals surface area contributed by atoms with Crippen molar-refractivity contribution >= 4 is 5.91 Å². The Morgan fingerprint density at radius 1 is 1.39 bits per heavy atom. The lowest BCUT2D eigenvalue weighted by molar-refractivity contribution is 0.0838. The second-order valence-electron chi connectivity index (χ2n) is 6.87. The first-order chi connectivity index (χ1) is 13.7. The van der Waals surface area contributed by atoms with Crippen LogP contribution in [0, 0.1) is 0 Å². The smallest absolute Gasteiger partial charge is 0.271 e. The molecule has 3 heterocycles. The molecule has 1 amide bonds. The van der Waals surface area contributed by atoms with E-state index < -0.39 is 6.10 Å². The van der Waals surface area contributed by atoms with Crippen LogP contribution in [-0.2, 0) is 0 Å². The number of fused-ring (bicyclic) bond motifs is 1. The van der Waals surface area contributed by atoms with E-state index >= 15 is 0 Å². The third kappa shape index (κ3) is 4.37. The number of rotatable bonds is 7. The monoisotopic (exact) mass is 388 g/mol. The van der Waals surface area contributed by atoms with Crippen LogP contribution in [0.15, 0.2) is 30.5 Å². The molecule has 2 unspecified atom stereocenters. The molecule has 1 aromatic heterocycles. The second-order valence-corrected chi connectivity index (χ2v) is 6.87. The lowest BCUT2D eigenvalue weighted by Gasteiger charge is -2.22. The summed E-state index contributed by atoms with van der Waals surface area (Å²) >= 11 is 0. The number of aliphatic hydroxyl groups is 1. The zero-order valence-electron chi connectivity index (χ0n) is 15.5. The van der Waals surface area contributed by atoms with Crippen molar-refractivity contribution in [1.82, 2.24) is 20.4 Å². The van der Waals surface area contributed by atoms with Gasteiger partial charge in [-0.05, 0) is 37.6 Å². The molecule has 2 aliphatic rings. The maximum Gasteiger partial charge on any atom is 0.271 e. The molecule has 28 heavy (non-hydrogen) atoms. The van der Waals surface area contributed by atoms with Gasteiger partial charge in [0.1, 0.15) is 24.2 Å². The summed E-state index contributed by atoms with van der Waals surface area (Å²) in [5.41, 5.74) is 0.342. The minimum atomic E-state index is -0.848. The van der Waals surface area contributed by atoms with E-state index in [1.807, 2.05) is 10.9 Å². The van der Waals surface area contributed by atoms with E-state index in [-0.39, 0.29) is 31.9 Å². The molecule has 1 fully saturated rings. The van der Waals surface area contributed by atoms with E-state index in [2.05, 4.69) is 15.7 Å². The van der Waals surface area contributed by atoms with Gasteiger partial charge in [-0.2, -0.15) is 5.10 Å². The number of amides is 1. The number of benzene rings is 1. The van der Waals surface area contributed by atoms with Crippen molar-refractivity contribution in [3.05, 3.63) is 36.2 Å². The number of carbonyl (C=O) groups excluding carboxylic acids is 1. The van der Waals surface area contributed by atoms with Gasteiger partial charge >= 0.3 is 0 Å². The Morgan fingerprint density at radius 3 is 3.14 bits per heavy atom. The molecule has 3 N–H and O–H groups in total. The molecule has 150 valence electrons. The number of aliphatic hydroxyl groups excluding tert-OH is 1. The molecule has 1 saturated heterocycles. The number of nitrogens with one attached hydrogen (secondary N) is 2. The van der Waals surface area contributed by atoms with Crippen molar-refractivity contribution in [3.8, 4) is 17.2 Å². The Kier molecular flexibility index (Phi) is 5.63. The van der Waals surface area contributed by atoms with Crippen molar-refractivity contribution in [2.24, 2.45) is 0 Å². The number of aromatic nitrogens is 2. The van der Waals surface area contributed by atoms with Crippen molar-refractivity contribution in [2.75, 3.05) is 33.0 Å². The number of ether oxygens (including phenoxy) is 3. The van der Waals surface area contributed by atoms with E-state index in [0.717, 1.165) is 25.9 Å². The first-order valence-corrected chi connectivity index (χ1v) is 9.43. The standard InChI is InChI=1S/C19H24N4O5/c24-14(11-26-15-3-4-17-18(8-15)28-12-27-17)10-21-19(25)16-5-7-23(22-16)13-2-1-6-20-9-13/h3-5,7-8,13-14,20,24H,1-2,6,9-12H2,(H,21,25). The number of nitrogens with zero attached hydrogens (tertiary/aromatic N) is 2. The van der Waals surface area contributed by atoms with Gasteiger partial charge in [-0.15, -0.1) is 0 Å². The molecule has 9 nitrogen and oxygen atoms in total. The van der Waals surface area contributed by atoms with Crippen molar-refractivity contribution in [3.63, 3.8) is 0 Å². The van der Waals surface area contributed by atoms with Gasteiger partial charge in [-0.3, -0.25) is 9.48 Å². The third-order valence-corrected chi connectivity index (χ3v) is 4.77. The van der Waals surface area contributed by atoms with Crippen LogP contribution >= 0.6 is 0 Å². The molecule has 2 aliphatic heterocycles. The molecule has 0 radical (unpaired) electrons. The van der Waals surface area contributed by atoms with E-state index in [9.17, 15) is 9.90 Å². The van der Waals surface area contributed by atoms with Crippen LogP contribution in [0.4, 0.5) is 0 Å². The fourth-order valence-corrected chi connectivity index (χ4v) is 3.24. The average molecular weight is 388 g/mol. The Morgan fingerprint density at radius 2 is 2.29 bits per heavy atom. The fraction of sp³-hybridized carbons (Fsp3) is 0.474. The predicted octanol–water partition coefficient (Wildman–Crippen LogP) is 0.706. The molecule has 0 aliphatic carbocycles. The van der Waals surface area contributed by atoms with Gasteiger partial charge in [0.15, 0.2) is 11.5 Å². The maximum absolute atomic E-state index is 12.3. The molecule has 1 aromatic carbocycles. The highest BCUT2D eigenvalue weighted by Gasteiger charge is 2.18. The van der Waals surface area contributed by atoms with Crippen LogP contribution in [0.2, 0.25) is 0 Å². The first-order valence-electron chi connectivity index (χ1n) is 9.43. The van der Waals surface area contributed by atoms with Gasteiger partial charge in [0.25, 0.3) is 5.91 Å². The molecule has 9 heteroatoms. The van der Waals surface area contributed by atoms with Crippen LogP contribution in [0.3, 0.4) is 0 Å². The summed E-state index contributed by atoms with van der Waals surface area (Å²) in [7, 11) is 0. The summed E-state index contributed by atoms with van der Waals surface area (Å²) in [6, 6.07) is 7.17. The fourth-order valence-electron chi connectivity index (χ4n) is 3.24. The largest absolute Gasteiger partial charge is 0.491 e. The SMILES string of the molecule is O=C(NCC(O)COc1ccc2c(c1)OCO2)c1ccn(C2CCCNC2)n1. The van der Waals surface area contributed by atoms with E-state index in [1.165, 1.54) is 0 Å². The Hall–Kier alpha value is -2.78. The van der Waals surface area contributed by atoms with Gasteiger partial charge in [-0.1, -0.05) is 0 Å². The first kappa shape index (κ1) is 18.6. The number of hydrogen-bond acceptors (Lipinski definition) is 7. The van der Waals surface area contributed by atoms with Gasteiger partial charge in [0.05, 0.1) is 6.04 Å². The zero-order chi connectivity index (χ0) is 19.3. The third-order valence-electron chi connectivity index (χ3n) is 4.77. The lowest BCUT2D eigenvalue weighted by atomic mass is 10.1. The number of piperidine rings is 1. The Labute approximate surface area is 162 Å². The Balaban J connectivity index is 1.22. The predicted molar refractivity (Wildman–Crippen MR) is 99.8 cm³/mol. The average Bonchev–Trinajstić information content (AvgIpc) is 3.40. The van der Waals surface area contributed by atoms with Crippen molar-refractivity contribution in [2.45, 2.75) is 25.0 Å². The molecular weight excluding hydrogens is 364 g/mol. The highest BCUT2D eigenvalue weighted by molar-refractivity contribution is 5.92. The van der Waals surface area contributed by atoms with Gasteiger partial charge < -0.3 is 30.0 Å². The second kappa shape index (κ2) is 8.49. The maximum atomic E-state index is 12.3. The molecule has 2 aromatic rings. The lowest BCUT2D eigenvalue weighted by Crippen LogP contribution is -2.36. The normalized spacial score (nSPS) is 19.2. The van der Waals surface area contributed by atoms with Gasteiger partial charge in [0.2, 0.25) is 6.79 Å². The minimum Gasteiger partial charge on any atom is -0.491 e. The minimum absolute atomic E-state index is 0.0438. The number of hydrogen-bond donors (Lipinski definition) is 3. The molecule has 2 atom stereocenters. The highest BCUT2D eigenvalue weighted by Crippen LogP contribution is 2.35. The molecular formula is C19H24N4O5. The molecule has 0 spiro atoms. The van der Waals surface area contributed by atoms with Crippen LogP contribution in [-0.4, -0.2) is 59.9 Å². The number of carbonyl (C=O) groups is 1. The quantitative estimate of drug-likeness (QED) is 0.641. The summed E-state index contributed by atoms with van der Waals surface area (Å²) in [4.78, 5) is 12.3. The topological polar surface area (TPSA) is 107 Å². The van der Waals surface area contributed by atoms with E-state index in [4.69, 9.17) is 14.2 Å². The van der Waals surface area contributed by atoms with Crippen LogP contribution in [0.1, 0.15) is 29.4 Å². The van der Waals surface area contributed by atoms with Crippen LogP contribution < -0.4 is 24.8 Å². The Bertz CT molecular complexity index is 818. The highest BCUT2D eigenvalue weighted by atomic mass is 16.7. The molecule has 0 saturated carbocycles. The van der Waals surface area contributed by atoms with E-state index in [1.54, 1.807) is 24.3 Å². The zero-order valence-corrected chi connectivity index (χ0v) is 15.5.